The van der Waals surface area contributed by atoms with E-state index in [2.05, 4.69) is 15.2 Å². The van der Waals surface area contributed by atoms with Crippen LogP contribution in [0.25, 0.3) is 22.2 Å². The number of benzene rings is 2. The zero-order valence-corrected chi connectivity index (χ0v) is 22.5. The normalized spacial score (nSPS) is 11.1. The van der Waals surface area contributed by atoms with Gasteiger partial charge in [0.25, 0.3) is 0 Å². The van der Waals surface area contributed by atoms with Crippen LogP contribution in [0.15, 0.2) is 48.8 Å². The third kappa shape index (κ3) is 5.48. The number of aryl methyl sites for hydroxylation is 1. The number of esters is 1. The van der Waals surface area contributed by atoms with Gasteiger partial charge in [-0.1, -0.05) is 18.2 Å². The Bertz CT molecular complexity index is 1450. The van der Waals surface area contributed by atoms with E-state index in [9.17, 15) is 4.79 Å². The fourth-order valence-corrected chi connectivity index (χ4v) is 4.20. The smallest absolute Gasteiger partial charge is 0.341 e. The Kier molecular flexibility index (Phi) is 7.99. The fraction of sp³-hybridized carbons (Fsp3) is 0.296. The summed E-state index contributed by atoms with van der Waals surface area (Å²) in [5.41, 5.74) is 10.7. The van der Waals surface area contributed by atoms with Gasteiger partial charge in [0.2, 0.25) is 5.95 Å². The van der Waals surface area contributed by atoms with Crippen molar-refractivity contribution in [2.45, 2.75) is 0 Å². The third-order valence-electron chi connectivity index (χ3n) is 6.19. The molecule has 0 aliphatic rings. The Morgan fingerprint density at radius 3 is 2.61 bits per heavy atom. The summed E-state index contributed by atoms with van der Waals surface area (Å²) in [5.74, 6) is 0.118. The number of ether oxygens (including phenoxy) is 1. The second-order valence-corrected chi connectivity index (χ2v) is 9.13. The topological polar surface area (TPSA) is 120 Å². The number of aromatic nitrogens is 3. The summed E-state index contributed by atoms with van der Waals surface area (Å²) in [6.45, 7) is 1.62. The number of nitrogen functional groups attached to an aromatic ring is 1. The van der Waals surface area contributed by atoms with E-state index in [0.29, 0.717) is 22.8 Å². The van der Waals surface area contributed by atoms with Crippen molar-refractivity contribution >= 4 is 39.9 Å². The quantitative estimate of drug-likeness (QED) is 0.139. The van der Waals surface area contributed by atoms with E-state index in [-0.39, 0.29) is 11.5 Å². The molecule has 2 heterocycles. The lowest BCUT2D eigenvalue weighted by Crippen LogP contribution is -2.29. The lowest BCUT2D eigenvalue weighted by atomic mass is 10.1. The summed E-state index contributed by atoms with van der Waals surface area (Å²) in [6, 6.07) is 11.4. The molecule has 11 nitrogen and oxygen atoms in total. The molecule has 0 spiro atoms. The van der Waals surface area contributed by atoms with E-state index in [1.807, 2.05) is 68.1 Å². The molecule has 2 aromatic carbocycles. The van der Waals surface area contributed by atoms with E-state index in [4.69, 9.17) is 25.2 Å². The first-order valence-corrected chi connectivity index (χ1v) is 12.0. The molecule has 38 heavy (non-hydrogen) atoms. The number of carbonyl (C=O) groups excluding carboxylic acids is 1. The maximum atomic E-state index is 12.6. The van der Waals surface area contributed by atoms with Crippen molar-refractivity contribution in [2.75, 3.05) is 64.4 Å². The summed E-state index contributed by atoms with van der Waals surface area (Å²) in [7, 11) is 10.7. The Labute approximate surface area is 221 Å². The molecular formula is C27H33N7O4. The van der Waals surface area contributed by atoms with Crippen molar-refractivity contribution in [3.63, 3.8) is 0 Å². The van der Waals surface area contributed by atoms with Crippen LogP contribution in [0, 0.1) is 0 Å². The number of nitrogens with one attached hydrogen (secondary N) is 1. The number of likely N-dealkylation sites (N-methyl/N-ethyl adjacent to an activating group) is 2. The highest BCUT2D eigenvalue weighted by Crippen LogP contribution is 2.37. The van der Waals surface area contributed by atoms with Gasteiger partial charge in [-0.05, 0) is 26.2 Å². The molecule has 200 valence electrons. The number of nitrogens with zero attached hydrogens (tertiary/aromatic N) is 5. The first kappa shape index (κ1) is 26.7. The number of methoxy groups -OCH3 is 1. The largest absolute Gasteiger partial charge is 0.465 e. The first-order chi connectivity index (χ1) is 18.2. The molecule has 0 unspecified atom stereocenters. The molecule has 3 N–H and O–H groups in total. The first-order valence-electron chi connectivity index (χ1n) is 12.0. The van der Waals surface area contributed by atoms with Crippen molar-refractivity contribution < 1.29 is 19.3 Å². The van der Waals surface area contributed by atoms with E-state index in [0.717, 1.165) is 35.2 Å². The molecule has 11 heteroatoms. The van der Waals surface area contributed by atoms with Crippen LogP contribution in [0.5, 0.6) is 5.75 Å². The lowest BCUT2D eigenvalue weighted by Gasteiger charge is -2.24. The Balaban J connectivity index is 1.76. The van der Waals surface area contributed by atoms with Crippen LogP contribution >= 0.6 is 0 Å². The summed E-state index contributed by atoms with van der Waals surface area (Å²) in [4.78, 5) is 36.3. The average molecular weight is 520 g/mol. The number of para-hydroxylation sites is 1. The maximum Gasteiger partial charge on any atom is 0.341 e. The maximum absolute atomic E-state index is 12.6. The van der Waals surface area contributed by atoms with Gasteiger partial charge in [0.15, 0.2) is 5.75 Å². The van der Waals surface area contributed by atoms with Crippen molar-refractivity contribution in [1.29, 1.82) is 0 Å². The second-order valence-electron chi connectivity index (χ2n) is 9.13. The van der Waals surface area contributed by atoms with Crippen LogP contribution < -0.4 is 20.8 Å². The lowest BCUT2D eigenvalue weighted by molar-refractivity contribution is -0.177. The second kappa shape index (κ2) is 11.4. The van der Waals surface area contributed by atoms with Gasteiger partial charge in [0.1, 0.15) is 5.56 Å². The Hall–Kier alpha value is -4.35. The number of nitrogens with two attached hydrogens (primary N) is 1. The molecule has 4 aromatic rings. The van der Waals surface area contributed by atoms with Gasteiger partial charge in [-0.3, -0.25) is 0 Å². The summed E-state index contributed by atoms with van der Waals surface area (Å²) < 4.78 is 6.99. The zero-order valence-electron chi connectivity index (χ0n) is 22.5. The Morgan fingerprint density at radius 1 is 1.13 bits per heavy atom. The fourth-order valence-electron chi connectivity index (χ4n) is 4.20. The molecule has 0 amide bonds. The van der Waals surface area contributed by atoms with Crippen molar-refractivity contribution in [1.82, 2.24) is 19.4 Å². The molecule has 0 atom stereocenters. The van der Waals surface area contributed by atoms with Crippen LogP contribution in [-0.4, -0.2) is 73.9 Å². The van der Waals surface area contributed by atoms with E-state index in [1.54, 1.807) is 12.1 Å². The van der Waals surface area contributed by atoms with Crippen LogP contribution in [0.2, 0.25) is 0 Å². The highest BCUT2D eigenvalue weighted by Gasteiger charge is 2.21. The third-order valence-corrected chi connectivity index (χ3v) is 6.19. The molecule has 0 bridgehead atoms. The molecule has 0 saturated heterocycles. The van der Waals surface area contributed by atoms with Gasteiger partial charge in [0.05, 0.1) is 37.0 Å². The van der Waals surface area contributed by atoms with Crippen molar-refractivity contribution in [3.8, 4) is 17.0 Å². The minimum Gasteiger partial charge on any atom is -0.465 e. The molecule has 0 aliphatic heterocycles. The standard InChI is InChI=1S/C27H33N7O4/c1-32(2)11-12-33(3)23-14-24(38-37-6)21(13-20(23)28)30-27-29-15-18(26(35)36-5)25(31-27)19-16-34(4)22-10-8-7-9-17(19)22/h7-10,13-16H,11-12,28H2,1-6H3,(H,29,30,31). The summed E-state index contributed by atoms with van der Waals surface area (Å²) in [6.07, 6.45) is 3.38. The minimum atomic E-state index is -0.530. The average Bonchev–Trinajstić information content (AvgIpc) is 3.24. The van der Waals surface area contributed by atoms with Gasteiger partial charge >= 0.3 is 5.97 Å². The van der Waals surface area contributed by atoms with E-state index >= 15 is 0 Å². The number of carbonyl (C=O) groups is 1. The number of hydrogen-bond acceptors (Lipinski definition) is 10. The number of fused-ring (bicyclic) bond motifs is 1. The number of anilines is 4. The van der Waals surface area contributed by atoms with E-state index in [1.165, 1.54) is 20.4 Å². The zero-order chi connectivity index (χ0) is 27.4. The van der Waals surface area contributed by atoms with E-state index < -0.39 is 5.97 Å². The molecule has 2 aromatic heterocycles. The minimum absolute atomic E-state index is 0.245. The predicted molar refractivity (Wildman–Crippen MR) is 149 cm³/mol. The van der Waals surface area contributed by atoms with Crippen LogP contribution in [0.4, 0.5) is 23.0 Å². The Morgan fingerprint density at radius 2 is 1.89 bits per heavy atom. The monoisotopic (exact) mass is 519 g/mol. The molecule has 4 rings (SSSR count). The van der Waals surface area contributed by atoms with Crippen LogP contribution in [-0.2, 0) is 16.7 Å². The molecule has 0 aliphatic carbocycles. The molecular weight excluding hydrogens is 486 g/mol. The van der Waals surface area contributed by atoms with Gasteiger partial charge in [0, 0.05) is 62.1 Å². The van der Waals surface area contributed by atoms with Crippen molar-refractivity contribution in [2.24, 2.45) is 7.05 Å². The molecule has 0 radical (unpaired) electrons. The van der Waals surface area contributed by atoms with Gasteiger partial charge in [-0.25, -0.2) is 14.8 Å². The van der Waals surface area contributed by atoms with Gasteiger partial charge in [-0.15, -0.1) is 0 Å². The number of rotatable bonds is 10. The van der Waals surface area contributed by atoms with Crippen molar-refractivity contribution in [3.05, 3.63) is 54.4 Å². The highest BCUT2D eigenvalue weighted by atomic mass is 17.2. The highest BCUT2D eigenvalue weighted by molar-refractivity contribution is 6.02. The predicted octanol–water partition coefficient (Wildman–Crippen LogP) is 3.69. The summed E-state index contributed by atoms with van der Waals surface area (Å²) >= 11 is 0. The molecule has 0 fully saturated rings. The SMILES string of the molecule is COOc1cc(N(C)CCN(C)C)c(N)cc1Nc1ncc(C(=O)OC)c(-c2cn(C)c3ccccc23)n1. The van der Waals surface area contributed by atoms with Crippen LogP contribution in [0.1, 0.15) is 10.4 Å². The van der Waals surface area contributed by atoms with Crippen LogP contribution in [0.3, 0.4) is 0 Å². The van der Waals surface area contributed by atoms with Gasteiger partial charge < -0.3 is 35.0 Å². The molecule has 0 saturated carbocycles. The van der Waals surface area contributed by atoms with Gasteiger partial charge in [-0.2, -0.15) is 4.89 Å². The number of hydrogen-bond donors (Lipinski definition) is 2. The summed E-state index contributed by atoms with van der Waals surface area (Å²) in [5, 5.41) is 4.12.